The van der Waals surface area contributed by atoms with Gasteiger partial charge in [0.1, 0.15) is 54.8 Å². The van der Waals surface area contributed by atoms with Crippen LogP contribution in [-0.2, 0) is 28.6 Å². The summed E-state index contributed by atoms with van der Waals surface area (Å²) in [7, 11) is 0. The van der Waals surface area contributed by atoms with Gasteiger partial charge >= 0.3 is 23.7 Å². The molecule has 0 spiro atoms. The van der Waals surface area contributed by atoms with Crippen LogP contribution in [-0.4, -0.2) is 182 Å². The molecule has 3 amide bonds. The number of aliphatic carboxylic acids is 2. The minimum atomic E-state index is -1.90. The first-order valence-corrected chi connectivity index (χ1v) is 20.8. The quantitative estimate of drug-likeness (QED) is 0.0455. The lowest BCUT2D eigenvalue weighted by molar-refractivity contribution is -0.228. The highest BCUT2D eigenvalue weighted by Gasteiger charge is 2.54. The van der Waals surface area contributed by atoms with Crippen molar-refractivity contribution >= 4 is 29.8 Å². The van der Waals surface area contributed by atoms with E-state index < -0.39 is 126 Å². The fourth-order valence-electron chi connectivity index (χ4n) is 7.48. The van der Waals surface area contributed by atoms with Crippen LogP contribution in [0.1, 0.15) is 53.2 Å². The second-order valence-electron chi connectivity index (χ2n) is 16.4. The Kier molecular flexibility index (Phi) is 18.8. The minimum absolute atomic E-state index is 0.0281. The summed E-state index contributed by atoms with van der Waals surface area (Å²) >= 11 is 0. The van der Waals surface area contributed by atoms with E-state index in [4.69, 9.17) is 25.7 Å². The Balaban J connectivity index is 1.43. The van der Waals surface area contributed by atoms with E-state index in [2.05, 4.69) is 36.9 Å². The molecule has 4 rings (SSSR count). The number of H-pyrrole nitrogens is 1. The molecular formula is C37H63N11O15. The molecule has 0 saturated carbocycles. The molecule has 0 unspecified atom stereocenters. The molecule has 4 heterocycles. The standard InChI is InChI=1S/C37H63N11O15/c1-15(2)12-18(43-14-19(17-6-10-42-35(39)44-17)45-36(59)47-22(16(3)4)32(55)56)30(54)41-9-5-8-40-23(33(57)58)28(63-34-27(53)24(50)20(13-38)61-34)29-25(51)26(52)31(62-29)48-11-7-21(49)46-37(48)60/h7,11,15-20,22-29,31,34,40,43,50-53H,5-6,8-10,12-14,38H2,1-4H3,(H,41,54)(H,55,56)(H,57,58)(H3,39,42,44)(H2,45,47,59)(H,46,49,60)/t17-,18+,19+,20+,22-,23-,24+,25-,26+,27+,28-,29-,31+,34-/m0/s1. The average molecular weight is 902 g/mol. The van der Waals surface area contributed by atoms with Gasteiger partial charge in [0.25, 0.3) is 5.56 Å². The fourth-order valence-corrected chi connectivity index (χ4v) is 7.48. The van der Waals surface area contributed by atoms with Crippen molar-refractivity contribution in [2.75, 3.05) is 32.7 Å². The van der Waals surface area contributed by atoms with Gasteiger partial charge in [-0.3, -0.25) is 28.9 Å². The molecule has 2 saturated heterocycles. The van der Waals surface area contributed by atoms with E-state index in [-0.39, 0.29) is 44.5 Å². The van der Waals surface area contributed by atoms with Gasteiger partial charge in [-0.05, 0) is 37.6 Å². The molecule has 0 bridgehead atoms. The number of ether oxygens (including phenoxy) is 3. The maximum Gasteiger partial charge on any atom is 0.330 e. The monoisotopic (exact) mass is 901 g/mol. The summed E-state index contributed by atoms with van der Waals surface area (Å²) in [5, 5.41) is 80.3. The molecule has 17 N–H and O–H groups in total. The second kappa shape index (κ2) is 23.2. The maximum atomic E-state index is 13.6. The van der Waals surface area contributed by atoms with E-state index in [0.717, 1.165) is 16.8 Å². The number of nitrogens with one attached hydrogen (secondary N) is 7. The highest BCUT2D eigenvalue weighted by Crippen LogP contribution is 2.34. The minimum Gasteiger partial charge on any atom is -0.480 e. The van der Waals surface area contributed by atoms with E-state index in [1.54, 1.807) is 13.8 Å². The van der Waals surface area contributed by atoms with Crippen LogP contribution in [0.4, 0.5) is 4.79 Å². The van der Waals surface area contributed by atoms with Crippen molar-refractivity contribution in [2.24, 2.45) is 28.3 Å². The molecule has 14 atom stereocenters. The van der Waals surface area contributed by atoms with Gasteiger partial charge in [0, 0.05) is 38.4 Å². The summed E-state index contributed by atoms with van der Waals surface area (Å²) in [6.45, 7) is 7.26. The summed E-state index contributed by atoms with van der Waals surface area (Å²) < 4.78 is 18.0. The van der Waals surface area contributed by atoms with Crippen LogP contribution in [0.5, 0.6) is 0 Å². The number of aromatic nitrogens is 2. The summed E-state index contributed by atoms with van der Waals surface area (Å²) in [4.78, 5) is 81.5. The third kappa shape index (κ3) is 13.6. The van der Waals surface area contributed by atoms with Gasteiger partial charge in [-0.15, -0.1) is 0 Å². The lowest BCUT2D eigenvalue weighted by Gasteiger charge is -2.33. The summed E-state index contributed by atoms with van der Waals surface area (Å²) in [5.74, 6) is -3.35. The van der Waals surface area contributed by atoms with Crippen molar-refractivity contribution in [3.05, 3.63) is 33.1 Å². The lowest BCUT2D eigenvalue weighted by Crippen LogP contribution is -2.62. The Bertz CT molecular complexity index is 1850. The number of hydrogen-bond donors (Lipinski definition) is 15. The molecule has 0 aliphatic carbocycles. The van der Waals surface area contributed by atoms with Crippen LogP contribution in [0.25, 0.3) is 0 Å². The first-order chi connectivity index (χ1) is 29.7. The van der Waals surface area contributed by atoms with Gasteiger partial charge in [-0.1, -0.05) is 27.7 Å². The highest BCUT2D eigenvalue weighted by atomic mass is 16.7. The van der Waals surface area contributed by atoms with E-state index in [1.807, 2.05) is 18.8 Å². The number of carbonyl (C=O) groups excluding carboxylic acids is 2. The highest BCUT2D eigenvalue weighted by molar-refractivity contribution is 5.83. The zero-order valence-electron chi connectivity index (χ0n) is 35.5. The number of rotatable bonds is 23. The van der Waals surface area contributed by atoms with E-state index in [9.17, 15) is 59.4 Å². The first kappa shape index (κ1) is 50.9. The van der Waals surface area contributed by atoms with E-state index >= 15 is 0 Å². The molecule has 0 radical (unpaired) electrons. The fraction of sp³-hybridized carbons (Fsp3) is 0.757. The Morgan fingerprint density at radius 2 is 1.65 bits per heavy atom. The van der Waals surface area contributed by atoms with Crippen molar-refractivity contribution in [1.82, 2.24) is 41.5 Å². The van der Waals surface area contributed by atoms with Crippen LogP contribution >= 0.6 is 0 Å². The molecule has 26 nitrogen and oxygen atoms in total. The van der Waals surface area contributed by atoms with Gasteiger partial charge in [0.15, 0.2) is 18.5 Å². The third-order valence-corrected chi connectivity index (χ3v) is 10.9. The first-order valence-electron chi connectivity index (χ1n) is 20.8. The number of hydrogen-bond acceptors (Lipinski definition) is 19. The van der Waals surface area contributed by atoms with Crippen molar-refractivity contribution in [1.29, 1.82) is 0 Å². The molecular weight excluding hydrogens is 838 g/mol. The van der Waals surface area contributed by atoms with Crippen LogP contribution in [0.3, 0.4) is 0 Å². The largest absolute Gasteiger partial charge is 0.480 e. The number of aliphatic hydroxyl groups excluding tert-OH is 4. The molecule has 3 aliphatic rings. The van der Waals surface area contributed by atoms with Crippen LogP contribution in [0, 0.1) is 11.8 Å². The number of amides is 3. The van der Waals surface area contributed by atoms with E-state index in [0.29, 0.717) is 19.4 Å². The van der Waals surface area contributed by atoms with Gasteiger partial charge < -0.3 is 88.2 Å². The number of nitrogens with two attached hydrogens (primary N) is 2. The third-order valence-electron chi connectivity index (χ3n) is 10.9. The SMILES string of the molecule is CC(C)C[C@@H](NC[C@@H](NC(=O)N[C@H](C(=O)O)C(C)C)[C@@H]1CCN=C(N)N1)C(=O)NCCCN[C@H](C(=O)O)[C@H](O[C@@H]1O[C@H](CN)[C@@H](O)[C@H]1O)[C@H]1O[C@@H](n2ccc(=O)[nH]c2=O)[C@H](O)[C@@H]1O. The van der Waals surface area contributed by atoms with Crippen molar-refractivity contribution < 1.29 is 64.0 Å². The zero-order valence-corrected chi connectivity index (χ0v) is 35.5. The van der Waals surface area contributed by atoms with Gasteiger partial charge in [-0.2, -0.15) is 0 Å². The lowest BCUT2D eigenvalue weighted by atomic mass is 9.98. The van der Waals surface area contributed by atoms with Gasteiger partial charge in [-0.25, -0.2) is 14.4 Å². The number of carbonyl (C=O) groups is 4. The molecule has 2 fully saturated rings. The molecule has 356 valence electrons. The van der Waals surface area contributed by atoms with Crippen LogP contribution in [0.2, 0.25) is 0 Å². The Hall–Kier alpha value is -4.77. The topological polar surface area (TPSA) is 409 Å². The normalized spacial score (nSPS) is 28.4. The number of guanidine groups is 1. The second-order valence-corrected chi connectivity index (χ2v) is 16.4. The number of carboxylic acid groups (broad SMARTS) is 2. The van der Waals surface area contributed by atoms with Crippen molar-refractivity contribution in [3.8, 4) is 0 Å². The predicted octanol–water partition coefficient (Wildman–Crippen LogP) is -6.05. The Morgan fingerprint density at radius 1 is 0.952 bits per heavy atom. The number of urea groups is 1. The molecule has 1 aromatic rings. The smallest absolute Gasteiger partial charge is 0.330 e. The van der Waals surface area contributed by atoms with Crippen LogP contribution < -0.4 is 54.6 Å². The Labute approximate surface area is 361 Å². The molecule has 0 aromatic carbocycles. The Morgan fingerprint density at radius 3 is 2.24 bits per heavy atom. The summed E-state index contributed by atoms with van der Waals surface area (Å²) in [6, 6.07) is -4.54. The maximum absolute atomic E-state index is 13.6. The molecule has 1 aromatic heterocycles. The zero-order chi connectivity index (χ0) is 46.7. The average Bonchev–Trinajstić information content (AvgIpc) is 3.66. The molecule has 3 aliphatic heterocycles. The predicted molar refractivity (Wildman–Crippen MR) is 220 cm³/mol. The van der Waals surface area contributed by atoms with Crippen molar-refractivity contribution in [3.63, 3.8) is 0 Å². The number of nitrogens with zero attached hydrogens (tertiary/aromatic N) is 2. The van der Waals surface area contributed by atoms with E-state index in [1.165, 1.54) is 0 Å². The summed E-state index contributed by atoms with van der Waals surface area (Å²) in [5.41, 5.74) is 9.80. The molecule has 26 heteroatoms. The number of aromatic amines is 1. The van der Waals surface area contributed by atoms with Crippen molar-refractivity contribution in [2.45, 2.75) is 132 Å². The van der Waals surface area contributed by atoms with Crippen LogP contribution in [0.15, 0.2) is 26.8 Å². The number of aliphatic imine (C=N–C) groups is 1. The number of carboxylic acids is 2. The van der Waals surface area contributed by atoms with Gasteiger partial charge in [0.2, 0.25) is 5.91 Å². The van der Waals surface area contributed by atoms with Gasteiger partial charge in [0.05, 0.1) is 18.1 Å². The number of aliphatic hydroxyl groups is 4. The molecule has 63 heavy (non-hydrogen) atoms. The summed E-state index contributed by atoms with van der Waals surface area (Å²) in [6.07, 6.45) is -12.9.